The molecule has 6 rings (SSSR count). The summed E-state index contributed by atoms with van der Waals surface area (Å²) in [6.07, 6.45) is 4.21. The van der Waals surface area contributed by atoms with Crippen molar-refractivity contribution in [2.75, 3.05) is 19.7 Å². The van der Waals surface area contributed by atoms with E-state index < -0.39 is 0 Å². The molecule has 1 atom stereocenters. The largest absolute Gasteiger partial charge is 0.491 e. The van der Waals surface area contributed by atoms with Crippen molar-refractivity contribution in [2.45, 2.75) is 52.1 Å². The first-order valence-electron chi connectivity index (χ1n) is 13.4. The van der Waals surface area contributed by atoms with E-state index in [1.165, 1.54) is 12.0 Å². The number of aryl methyl sites for hydroxylation is 2. The Bertz CT molecular complexity index is 1430. The molecule has 6 nitrogen and oxygen atoms in total. The smallest absolute Gasteiger partial charge is 0.320 e. The Morgan fingerprint density at radius 1 is 1.03 bits per heavy atom. The van der Waals surface area contributed by atoms with E-state index in [1.54, 1.807) is 0 Å². The van der Waals surface area contributed by atoms with Crippen LogP contribution in [0.5, 0.6) is 5.75 Å². The number of hydrogen-bond acceptors (Lipinski definition) is 3. The molecule has 0 radical (unpaired) electrons. The molecule has 2 aliphatic rings. The number of fused-ring (bicyclic) bond motifs is 2. The van der Waals surface area contributed by atoms with Gasteiger partial charge in [0.2, 0.25) is 0 Å². The van der Waals surface area contributed by atoms with Gasteiger partial charge in [-0.1, -0.05) is 36.4 Å². The van der Waals surface area contributed by atoms with Crippen LogP contribution in [0.3, 0.4) is 0 Å². The van der Waals surface area contributed by atoms with Gasteiger partial charge in [0, 0.05) is 18.2 Å². The molecule has 2 amide bonds. The van der Waals surface area contributed by atoms with Crippen molar-refractivity contribution in [2.24, 2.45) is 0 Å². The Labute approximate surface area is 218 Å². The molecule has 0 saturated carbocycles. The van der Waals surface area contributed by atoms with Crippen LogP contribution in [-0.2, 0) is 13.0 Å². The summed E-state index contributed by atoms with van der Waals surface area (Å²) in [6.45, 7) is 6.55. The fraction of sp³-hybridized carbons (Fsp3) is 0.355. The highest BCUT2D eigenvalue weighted by Crippen LogP contribution is 2.34. The fourth-order valence-corrected chi connectivity index (χ4v) is 5.89. The minimum Gasteiger partial charge on any atom is -0.491 e. The van der Waals surface area contributed by atoms with Crippen molar-refractivity contribution in [3.63, 3.8) is 0 Å². The second-order valence-electron chi connectivity index (χ2n) is 10.4. The van der Waals surface area contributed by atoms with Gasteiger partial charge in [-0.2, -0.15) is 0 Å². The Hall–Kier alpha value is -3.80. The van der Waals surface area contributed by atoms with Gasteiger partial charge in [-0.25, -0.2) is 9.78 Å². The molecule has 2 aliphatic heterocycles. The van der Waals surface area contributed by atoms with Crippen molar-refractivity contribution in [1.82, 2.24) is 19.8 Å². The molecule has 1 fully saturated rings. The highest BCUT2D eigenvalue weighted by molar-refractivity contribution is 5.82. The molecule has 0 bridgehead atoms. The molecule has 1 unspecified atom stereocenters. The van der Waals surface area contributed by atoms with E-state index in [0.29, 0.717) is 19.7 Å². The van der Waals surface area contributed by atoms with Crippen LogP contribution in [0.1, 0.15) is 41.8 Å². The zero-order chi connectivity index (χ0) is 25.4. The van der Waals surface area contributed by atoms with Crippen LogP contribution in [0.15, 0.2) is 60.7 Å². The summed E-state index contributed by atoms with van der Waals surface area (Å²) in [6, 6.07) is 21.6. The van der Waals surface area contributed by atoms with Crippen molar-refractivity contribution in [3.05, 3.63) is 83.2 Å². The van der Waals surface area contributed by atoms with Crippen LogP contribution in [0.4, 0.5) is 4.79 Å². The molecule has 1 N–H and O–H groups in total. The lowest BCUT2D eigenvalue weighted by Gasteiger charge is -2.39. The van der Waals surface area contributed by atoms with Gasteiger partial charge in [-0.05, 0) is 86.1 Å². The Morgan fingerprint density at radius 3 is 2.76 bits per heavy atom. The molecule has 0 spiro atoms. The van der Waals surface area contributed by atoms with Gasteiger partial charge < -0.3 is 19.5 Å². The Kier molecular flexibility index (Phi) is 6.33. The molecular weight excluding hydrogens is 460 g/mol. The topological polar surface area (TPSA) is 61.5 Å². The van der Waals surface area contributed by atoms with Gasteiger partial charge in [0.25, 0.3) is 0 Å². The maximum Gasteiger partial charge on any atom is 0.320 e. The number of urea groups is 1. The van der Waals surface area contributed by atoms with E-state index in [-0.39, 0.29) is 12.1 Å². The number of nitrogens with zero attached hydrogens (tertiary/aromatic N) is 3. The van der Waals surface area contributed by atoms with Crippen molar-refractivity contribution < 1.29 is 9.53 Å². The molecule has 1 aromatic heterocycles. The standard InChI is InChI=1S/C31H34N4O2/c1-21-16-25(24-11-12-28-29(19-24)33-22(2)32-28)18-26-20-34(14-15-37-30(21)26)31(36)35-13-7-6-10-27(35)17-23-8-4-3-5-9-23/h3-5,8-9,11-12,16,18-19,27H,6-7,10,13-15,17,20H2,1-2H3,(H,32,33). The highest BCUT2D eigenvalue weighted by Gasteiger charge is 2.31. The van der Waals surface area contributed by atoms with Crippen molar-refractivity contribution in [1.29, 1.82) is 0 Å². The molecule has 3 aromatic carbocycles. The monoisotopic (exact) mass is 494 g/mol. The van der Waals surface area contributed by atoms with E-state index in [4.69, 9.17) is 4.74 Å². The number of benzene rings is 3. The van der Waals surface area contributed by atoms with Gasteiger partial charge in [0.1, 0.15) is 18.2 Å². The number of hydrogen-bond donors (Lipinski definition) is 1. The van der Waals surface area contributed by atoms with Gasteiger partial charge in [-0.3, -0.25) is 0 Å². The molecule has 0 aliphatic carbocycles. The van der Waals surface area contributed by atoms with E-state index in [2.05, 4.69) is 76.4 Å². The third-order valence-electron chi connectivity index (χ3n) is 7.71. The quantitative estimate of drug-likeness (QED) is 0.366. The predicted molar refractivity (Wildman–Crippen MR) is 147 cm³/mol. The second-order valence-corrected chi connectivity index (χ2v) is 10.4. The summed E-state index contributed by atoms with van der Waals surface area (Å²) in [5, 5.41) is 0. The summed E-state index contributed by atoms with van der Waals surface area (Å²) in [4.78, 5) is 25.9. The number of nitrogens with one attached hydrogen (secondary N) is 1. The molecule has 3 heterocycles. The molecule has 4 aromatic rings. The lowest BCUT2D eigenvalue weighted by atomic mass is 9.96. The van der Waals surface area contributed by atoms with Crippen molar-refractivity contribution in [3.8, 4) is 16.9 Å². The van der Waals surface area contributed by atoms with E-state index in [0.717, 1.165) is 70.7 Å². The van der Waals surface area contributed by atoms with Gasteiger partial charge in [-0.15, -0.1) is 0 Å². The van der Waals surface area contributed by atoms with Crippen LogP contribution in [0.2, 0.25) is 0 Å². The number of rotatable bonds is 3. The zero-order valence-electron chi connectivity index (χ0n) is 21.7. The van der Waals surface area contributed by atoms with E-state index >= 15 is 0 Å². The Balaban J connectivity index is 1.27. The predicted octanol–water partition coefficient (Wildman–Crippen LogP) is 6.26. The SMILES string of the molecule is Cc1nc2ccc(-c3cc(C)c4c(c3)CN(C(=O)N3CCCCC3Cc3ccccc3)CCO4)cc2[nH]1. The van der Waals surface area contributed by atoms with Crippen LogP contribution in [0, 0.1) is 13.8 Å². The normalized spacial score (nSPS) is 17.8. The maximum absolute atomic E-state index is 13.9. The lowest BCUT2D eigenvalue weighted by molar-refractivity contribution is 0.110. The third kappa shape index (κ3) is 4.80. The number of carbonyl (C=O) groups is 1. The zero-order valence-corrected chi connectivity index (χ0v) is 21.7. The highest BCUT2D eigenvalue weighted by atomic mass is 16.5. The van der Waals surface area contributed by atoms with Crippen LogP contribution in [-0.4, -0.2) is 51.5 Å². The lowest BCUT2D eigenvalue weighted by Crippen LogP contribution is -2.51. The second kappa shape index (κ2) is 9.92. The first-order chi connectivity index (χ1) is 18.0. The molecular formula is C31H34N4O2. The van der Waals surface area contributed by atoms with Crippen LogP contribution in [0.25, 0.3) is 22.2 Å². The number of amides is 2. The minimum atomic E-state index is 0.134. The average molecular weight is 495 g/mol. The first kappa shape index (κ1) is 23.6. The van der Waals surface area contributed by atoms with E-state index in [9.17, 15) is 4.79 Å². The number of H-pyrrole nitrogens is 1. The summed E-state index contributed by atoms with van der Waals surface area (Å²) >= 11 is 0. The third-order valence-corrected chi connectivity index (χ3v) is 7.71. The fourth-order valence-electron chi connectivity index (χ4n) is 5.89. The van der Waals surface area contributed by atoms with E-state index in [1.807, 2.05) is 17.9 Å². The van der Waals surface area contributed by atoms with Gasteiger partial charge in [0.15, 0.2) is 0 Å². The van der Waals surface area contributed by atoms with Gasteiger partial charge >= 0.3 is 6.03 Å². The summed E-state index contributed by atoms with van der Waals surface area (Å²) in [5.41, 5.74) is 7.72. The summed E-state index contributed by atoms with van der Waals surface area (Å²) in [7, 11) is 0. The average Bonchev–Trinajstić information content (AvgIpc) is 3.14. The number of ether oxygens (including phenoxy) is 1. The number of aromatic nitrogens is 2. The number of aromatic amines is 1. The molecule has 1 saturated heterocycles. The number of imidazole rings is 1. The molecule has 37 heavy (non-hydrogen) atoms. The van der Waals surface area contributed by atoms with Crippen LogP contribution >= 0.6 is 0 Å². The Morgan fingerprint density at radius 2 is 1.89 bits per heavy atom. The first-order valence-corrected chi connectivity index (χ1v) is 13.4. The minimum absolute atomic E-state index is 0.134. The van der Waals surface area contributed by atoms with Crippen molar-refractivity contribution >= 4 is 17.1 Å². The maximum atomic E-state index is 13.9. The summed E-state index contributed by atoms with van der Waals surface area (Å²) in [5.74, 6) is 1.83. The molecule has 6 heteroatoms. The summed E-state index contributed by atoms with van der Waals surface area (Å²) < 4.78 is 6.21. The van der Waals surface area contributed by atoms with Gasteiger partial charge in [0.05, 0.1) is 24.1 Å². The number of likely N-dealkylation sites (tertiary alicyclic amines) is 1. The number of carbonyl (C=O) groups excluding carboxylic acids is 1. The van der Waals surface area contributed by atoms with Crippen LogP contribution < -0.4 is 4.74 Å². The number of piperidine rings is 1. The molecule has 190 valence electrons.